The molecule has 0 radical (unpaired) electrons. The molecule has 0 saturated heterocycles. The summed E-state index contributed by atoms with van der Waals surface area (Å²) in [5.74, 6) is 0.0362. The average molecular weight is 470 g/mol. The summed E-state index contributed by atoms with van der Waals surface area (Å²) in [5.41, 5.74) is 3.75. The Bertz CT molecular complexity index is 1410. The molecule has 4 aromatic rings. The summed E-state index contributed by atoms with van der Waals surface area (Å²) in [6.45, 7) is 10.2. The number of benzene rings is 3. The maximum Gasteiger partial charge on any atom is 0.265 e. The maximum atomic E-state index is 13.5. The molecular weight excluding hydrogens is 438 g/mol. The number of aryl methyl sites for hydroxylation is 1. The number of carbonyl (C=O) groups is 1. The van der Waals surface area contributed by atoms with E-state index in [1.54, 1.807) is 18.2 Å². The van der Waals surface area contributed by atoms with E-state index < -0.39 is 6.10 Å². The minimum atomic E-state index is -0.868. The first kappa shape index (κ1) is 24.3. The van der Waals surface area contributed by atoms with Gasteiger partial charge in [0.25, 0.3) is 5.91 Å². The Kier molecular flexibility index (Phi) is 6.79. The van der Waals surface area contributed by atoms with Gasteiger partial charge in [0.2, 0.25) is 11.2 Å². The third-order valence-electron chi connectivity index (χ3n) is 5.98. The highest BCUT2D eigenvalue weighted by molar-refractivity contribution is 5.94. The number of rotatable bonds is 6. The van der Waals surface area contributed by atoms with Crippen LogP contribution in [0.1, 0.15) is 45.2 Å². The number of hydrogen-bond acceptors (Lipinski definition) is 4. The molecule has 1 heterocycles. The Labute approximate surface area is 205 Å². The van der Waals surface area contributed by atoms with Crippen molar-refractivity contribution in [2.75, 3.05) is 5.32 Å². The van der Waals surface area contributed by atoms with Crippen LogP contribution in [0.15, 0.2) is 82.0 Å². The van der Waals surface area contributed by atoms with E-state index in [9.17, 15) is 9.59 Å². The molecule has 1 atom stereocenters. The van der Waals surface area contributed by atoms with E-state index in [0.717, 1.165) is 11.1 Å². The Hall–Kier alpha value is -3.86. The highest BCUT2D eigenvalue weighted by Gasteiger charge is 2.25. The number of ether oxygens (including phenoxy) is 1. The van der Waals surface area contributed by atoms with Gasteiger partial charge in [0.15, 0.2) is 11.9 Å². The minimum Gasteiger partial charge on any atom is -0.473 e. The second-order valence-corrected chi connectivity index (χ2v) is 9.79. The highest BCUT2D eigenvalue weighted by Crippen LogP contribution is 2.33. The van der Waals surface area contributed by atoms with Crippen LogP contribution in [0.5, 0.6) is 5.75 Å². The van der Waals surface area contributed by atoms with Crippen molar-refractivity contribution in [1.29, 1.82) is 0 Å². The smallest absolute Gasteiger partial charge is 0.265 e. The van der Waals surface area contributed by atoms with E-state index in [4.69, 9.17) is 9.15 Å². The number of nitrogens with one attached hydrogen (secondary N) is 1. The summed E-state index contributed by atoms with van der Waals surface area (Å²) in [6, 6.07) is 22.5. The van der Waals surface area contributed by atoms with Crippen LogP contribution < -0.4 is 15.5 Å². The number of carbonyl (C=O) groups excluding carboxylic acids is 1. The highest BCUT2D eigenvalue weighted by atomic mass is 16.5. The van der Waals surface area contributed by atoms with E-state index in [1.807, 2.05) is 68.4 Å². The van der Waals surface area contributed by atoms with Crippen molar-refractivity contribution in [3.05, 3.63) is 94.1 Å². The van der Waals surface area contributed by atoms with Crippen molar-refractivity contribution < 1.29 is 13.9 Å². The molecule has 1 amide bonds. The molecule has 0 aliphatic heterocycles. The van der Waals surface area contributed by atoms with Crippen molar-refractivity contribution in [1.82, 2.24) is 0 Å². The fourth-order valence-electron chi connectivity index (χ4n) is 3.95. The van der Waals surface area contributed by atoms with E-state index in [-0.39, 0.29) is 22.5 Å². The molecule has 1 aromatic heterocycles. The molecule has 0 spiro atoms. The molecule has 5 nitrogen and oxygen atoms in total. The van der Waals surface area contributed by atoms with Crippen LogP contribution in [0.3, 0.4) is 0 Å². The fourth-order valence-corrected chi connectivity index (χ4v) is 3.95. The average Bonchev–Trinajstić information content (AvgIpc) is 2.83. The number of amides is 1. The zero-order valence-electron chi connectivity index (χ0n) is 20.8. The maximum absolute atomic E-state index is 13.5. The standard InChI is InChI=1S/C30H31NO4/c1-6-24(29(33)31-22-11-9-10-19(2)18-22)34-28-26(32)23-12-7-8-13-25(23)35-27(28)20-14-16-21(17-15-20)30(3,4)5/h7-18,24H,6H2,1-5H3,(H,31,33). The first-order valence-electron chi connectivity index (χ1n) is 11.9. The number of anilines is 1. The normalized spacial score (nSPS) is 12.4. The van der Waals surface area contributed by atoms with Crippen LogP contribution in [0, 0.1) is 6.92 Å². The predicted octanol–water partition coefficient (Wildman–Crippen LogP) is 6.86. The minimum absolute atomic E-state index is 0.0106. The molecule has 5 heteroatoms. The van der Waals surface area contributed by atoms with Gasteiger partial charge in [0, 0.05) is 11.3 Å². The van der Waals surface area contributed by atoms with Crippen LogP contribution >= 0.6 is 0 Å². The van der Waals surface area contributed by atoms with Gasteiger partial charge >= 0.3 is 0 Å². The summed E-state index contributed by atoms with van der Waals surface area (Å²) in [6.07, 6.45) is -0.487. The second-order valence-electron chi connectivity index (χ2n) is 9.79. The van der Waals surface area contributed by atoms with Crippen LogP contribution in [0.2, 0.25) is 0 Å². The molecule has 1 N–H and O–H groups in total. The van der Waals surface area contributed by atoms with Gasteiger partial charge in [-0.1, -0.05) is 76.2 Å². The van der Waals surface area contributed by atoms with Crippen molar-refractivity contribution in [2.45, 2.75) is 52.6 Å². The van der Waals surface area contributed by atoms with Gasteiger partial charge in [-0.25, -0.2) is 0 Å². The zero-order valence-corrected chi connectivity index (χ0v) is 20.8. The molecule has 0 aliphatic carbocycles. The Balaban J connectivity index is 1.75. The van der Waals surface area contributed by atoms with Crippen molar-refractivity contribution in [3.8, 4) is 17.1 Å². The molecular formula is C30H31NO4. The van der Waals surface area contributed by atoms with Crippen LogP contribution in [-0.2, 0) is 10.2 Å². The lowest BCUT2D eigenvalue weighted by atomic mass is 9.86. The van der Waals surface area contributed by atoms with E-state index in [1.165, 1.54) is 0 Å². The third kappa shape index (κ3) is 5.29. The Morgan fingerprint density at radius 3 is 2.37 bits per heavy atom. The molecule has 0 bridgehead atoms. The molecule has 0 aliphatic rings. The largest absolute Gasteiger partial charge is 0.473 e. The van der Waals surface area contributed by atoms with Gasteiger partial charge in [-0.05, 0) is 54.2 Å². The molecule has 0 fully saturated rings. The van der Waals surface area contributed by atoms with Gasteiger partial charge in [-0.3, -0.25) is 9.59 Å². The van der Waals surface area contributed by atoms with Crippen molar-refractivity contribution in [3.63, 3.8) is 0 Å². The summed E-state index contributed by atoms with van der Waals surface area (Å²) in [5, 5.41) is 3.31. The fraction of sp³-hybridized carbons (Fsp3) is 0.267. The lowest BCUT2D eigenvalue weighted by molar-refractivity contribution is -0.122. The lowest BCUT2D eigenvalue weighted by Crippen LogP contribution is -2.34. The van der Waals surface area contributed by atoms with Crippen LogP contribution in [0.25, 0.3) is 22.3 Å². The van der Waals surface area contributed by atoms with Crippen LogP contribution in [0.4, 0.5) is 5.69 Å². The number of fused-ring (bicyclic) bond motifs is 1. The Morgan fingerprint density at radius 2 is 1.71 bits per heavy atom. The first-order chi connectivity index (χ1) is 16.7. The lowest BCUT2D eigenvalue weighted by Gasteiger charge is -2.20. The van der Waals surface area contributed by atoms with E-state index in [2.05, 4.69) is 26.1 Å². The van der Waals surface area contributed by atoms with Gasteiger partial charge < -0.3 is 14.5 Å². The molecule has 0 saturated carbocycles. The second kappa shape index (κ2) is 9.79. The number of para-hydroxylation sites is 1. The number of hydrogen-bond donors (Lipinski definition) is 1. The Morgan fingerprint density at radius 1 is 1.00 bits per heavy atom. The van der Waals surface area contributed by atoms with E-state index >= 15 is 0 Å². The first-order valence-corrected chi connectivity index (χ1v) is 11.9. The predicted molar refractivity (Wildman–Crippen MR) is 141 cm³/mol. The molecule has 1 unspecified atom stereocenters. The molecule has 4 rings (SSSR count). The quantitative estimate of drug-likeness (QED) is 0.335. The zero-order chi connectivity index (χ0) is 25.2. The van der Waals surface area contributed by atoms with Gasteiger partial charge in [0.05, 0.1) is 5.39 Å². The summed E-state index contributed by atoms with van der Waals surface area (Å²) < 4.78 is 12.3. The van der Waals surface area contributed by atoms with E-state index in [0.29, 0.717) is 34.4 Å². The van der Waals surface area contributed by atoms with Crippen molar-refractivity contribution in [2.24, 2.45) is 0 Å². The summed E-state index contributed by atoms with van der Waals surface area (Å²) in [7, 11) is 0. The third-order valence-corrected chi connectivity index (χ3v) is 5.98. The van der Waals surface area contributed by atoms with Gasteiger partial charge in [-0.2, -0.15) is 0 Å². The van der Waals surface area contributed by atoms with Crippen LogP contribution in [-0.4, -0.2) is 12.0 Å². The topological polar surface area (TPSA) is 68.5 Å². The summed E-state index contributed by atoms with van der Waals surface area (Å²) >= 11 is 0. The van der Waals surface area contributed by atoms with Crippen molar-refractivity contribution >= 4 is 22.6 Å². The molecule has 3 aromatic carbocycles. The van der Waals surface area contributed by atoms with Gasteiger partial charge in [-0.15, -0.1) is 0 Å². The molecule has 180 valence electrons. The monoisotopic (exact) mass is 469 g/mol. The summed E-state index contributed by atoms with van der Waals surface area (Å²) in [4.78, 5) is 26.6. The SMILES string of the molecule is CCC(Oc1c(-c2ccc(C(C)(C)C)cc2)oc2ccccc2c1=O)C(=O)Nc1cccc(C)c1. The molecule has 35 heavy (non-hydrogen) atoms. The van der Waals surface area contributed by atoms with Gasteiger partial charge in [0.1, 0.15) is 5.58 Å².